The third kappa shape index (κ3) is 3.25. The molecule has 1 aromatic heterocycles. The topological polar surface area (TPSA) is 103 Å². The standard InChI is InChI=1S/C18H16N4O4/c1-12-15(18(23)21(20-12)13-6-4-3-5-7-13)11-19-16-10-14(22(24)25)8-9-17(16)26-2/h3-11,20H,1-2H3. The number of nitro groups is 1. The first-order valence-electron chi connectivity index (χ1n) is 7.75. The number of para-hydroxylation sites is 1. The zero-order chi connectivity index (χ0) is 18.7. The van der Waals surface area contributed by atoms with Crippen LogP contribution in [0.4, 0.5) is 11.4 Å². The maximum Gasteiger partial charge on any atom is 0.280 e. The van der Waals surface area contributed by atoms with Crippen LogP contribution in [0.5, 0.6) is 5.75 Å². The van der Waals surface area contributed by atoms with Gasteiger partial charge in [0.15, 0.2) is 0 Å². The first kappa shape index (κ1) is 17.2. The molecule has 8 nitrogen and oxygen atoms in total. The van der Waals surface area contributed by atoms with Gasteiger partial charge < -0.3 is 4.74 Å². The molecule has 0 unspecified atom stereocenters. The number of non-ortho nitro benzene ring substituents is 1. The van der Waals surface area contributed by atoms with Gasteiger partial charge in [-0.1, -0.05) is 18.2 Å². The van der Waals surface area contributed by atoms with E-state index in [0.717, 1.165) is 0 Å². The van der Waals surface area contributed by atoms with Crippen LogP contribution in [0.1, 0.15) is 11.3 Å². The fourth-order valence-electron chi connectivity index (χ4n) is 2.50. The van der Waals surface area contributed by atoms with E-state index >= 15 is 0 Å². The molecular formula is C18H16N4O4. The number of nitrogens with zero attached hydrogens (tertiary/aromatic N) is 3. The third-order valence-corrected chi connectivity index (χ3v) is 3.84. The number of nitro benzene ring substituents is 1. The highest BCUT2D eigenvalue weighted by Gasteiger charge is 2.13. The first-order chi connectivity index (χ1) is 12.5. The Morgan fingerprint density at radius 1 is 1.23 bits per heavy atom. The Morgan fingerprint density at radius 3 is 2.62 bits per heavy atom. The van der Waals surface area contributed by atoms with Gasteiger partial charge >= 0.3 is 0 Å². The summed E-state index contributed by atoms with van der Waals surface area (Å²) in [5.41, 5.74) is 1.60. The van der Waals surface area contributed by atoms with Crippen molar-refractivity contribution in [3.8, 4) is 11.4 Å². The van der Waals surface area contributed by atoms with Crippen molar-refractivity contribution < 1.29 is 9.66 Å². The molecule has 0 bridgehead atoms. The molecule has 0 spiro atoms. The van der Waals surface area contributed by atoms with Crippen molar-refractivity contribution in [2.45, 2.75) is 6.92 Å². The lowest BCUT2D eigenvalue weighted by atomic mass is 10.2. The summed E-state index contributed by atoms with van der Waals surface area (Å²) in [5, 5.41) is 13.9. The van der Waals surface area contributed by atoms with Crippen molar-refractivity contribution >= 4 is 17.6 Å². The number of ether oxygens (including phenoxy) is 1. The zero-order valence-corrected chi connectivity index (χ0v) is 14.2. The number of benzene rings is 2. The minimum absolute atomic E-state index is 0.106. The highest BCUT2D eigenvalue weighted by atomic mass is 16.6. The largest absolute Gasteiger partial charge is 0.494 e. The van der Waals surface area contributed by atoms with E-state index in [1.54, 1.807) is 6.92 Å². The van der Waals surface area contributed by atoms with Gasteiger partial charge in [0, 0.05) is 24.0 Å². The van der Waals surface area contributed by atoms with E-state index in [0.29, 0.717) is 22.7 Å². The number of hydrogen-bond acceptors (Lipinski definition) is 5. The van der Waals surface area contributed by atoms with E-state index in [1.807, 2.05) is 30.3 Å². The van der Waals surface area contributed by atoms with Crippen LogP contribution in [0.3, 0.4) is 0 Å². The van der Waals surface area contributed by atoms with Gasteiger partial charge in [0.1, 0.15) is 11.4 Å². The average Bonchev–Trinajstić information content (AvgIpc) is 2.94. The van der Waals surface area contributed by atoms with Gasteiger partial charge in [0.2, 0.25) is 0 Å². The summed E-state index contributed by atoms with van der Waals surface area (Å²) in [4.78, 5) is 27.3. The monoisotopic (exact) mass is 352 g/mol. The van der Waals surface area contributed by atoms with Gasteiger partial charge in [-0.15, -0.1) is 0 Å². The van der Waals surface area contributed by atoms with Crippen LogP contribution >= 0.6 is 0 Å². The molecule has 3 rings (SSSR count). The molecule has 1 heterocycles. The van der Waals surface area contributed by atoms with Gasteiger partial charge in [-0.2, -0.15) is 0 Å². The summed E-state index contributed by atoms with van der Waals surface area (Å²) in [7, 11) is 1.45. The zero-order valence-electron chi connectivity index (χ0n) is 14.2. The minimum atomic E-state index is -0.512. The normalized spacial score (nSPS) is 11.0. The number of hydrogen-bond donors (Lipinski definition) is 1. The molecule has 132 valence electrons. The van der Waals surface area contributed by atoms with E-state index < -0.39 is 4.92 Å². The number of methoxy groups -OCH3 is 1. The SMILES string of the molecule is COc1ccc([N+](=O)[O-])cc1N=Cc1c(C)[nH]n(-c2ccccc2)c1=O. The second-order valence-electron chi connectivity index (χ2n) is 5.50. The summed E-state index contributed by atoms with van der Waals surface area (Å²) in [6, 6.07) is 13.2. The van der Waals surface area contributed by atoms with Crippen LogP contribution < -0.4 is 10.3 Å². The van der Waals surface area contributed by atoms with E-state index in [-0.39, 0.29) is 16.9 Å². The van der Waals surface area contributed by atoms with Crippen molar-refractivity contribution in [3.05, 3.63) is 80.3 Å². The second-order valence-corrected chi connectivity index (χ2v) is 5.50. The van der Waals surface area contributed by atoms with Crippen LogP contribution in [-0.4, -0.2) is 28.0 Å². The Morgan fingerprint density at radius 2 is 1.96 bits per heavy atom. The Labute approximate surface area is 148 Å². The first-order valence-corrected chi connectivity index (χ1v) is 7.75. The molecule has 0 saturated carbocycles. The van der Waals surface area contributed by atoms with Crippen molar-refractivity contribution in [1.82, 2.24) is 9.78 Å². The molecule has 0 amide bonds. The molecule has 0 aliphatic rings. The quantitative estimate of drug-likeness (QED) is 0.433. The highest BCUT2D eigenvalue weighted by Crippen LogP contribution is 2.31. The van der Waals surface area contributed by atoms with Crippen molar-refractivity contribution in [1.29, 1.82) is 0 Å². The van der Waals surface area contributed by atoms with Crippen LogP contribution in [0, 0.1) is 17.0 Å². The maximum absolute atomic E-state index is 12.6. The van der Waals surface area contributed by atoms with Gasteiger partial charge in [0.25, 0.3) is 11.2 Å². The van der Waals surface area contributed by atoms with Crippen molar-refractivity contribution in [3.63, 3.8) is 0 Å². The predicted molar refractivity (Wildman–Crippen MR) is 98.0 cm³/mol. The number of aromatic amines is 1. The molecule has 0 saturated heterocycles. The Bertz CT molecular complexity index is 1040. The summed E-state index contributed by atoms with van der Waals surface area (Å²) < 4.78 is 6.59. The molecular weight excluding hydrogens is 336 g/mol. The second kappa shape index (κ2) is 7.06. The molecule has 0 atom stereocenters. The summed E-state index contributed by atoms with van der Waals surface area (Å²) >= 11 is 0. The molecule has 2 aromatic carbocycles. The lowest BCUT2D eigenvalue weighted by Gasteiger charge is -2.03. The molecule has 0 aliphatic carbocycles. The molecule has 0 radical (unpaired) electrons. The van der Waals surface area contributed by atoms with Crippen LogP contribution in [-0.2, 0) is 0 Å². The number of aromatic nitrogens is 2. The number of aliphatic imine (C=N–C) groups is 1. The van der Waals surface area contributed by atoms with Gasteiger partial charge in [-0.3, -0.25) is 25.0 Å². The number of aryl methyl sites for hydroxylation is 1. The molecule has 3 aromatic rings. The maximum atomic E-state index is 12.6. The smallest absolute Gasteiger partial charge is 0.280 e. The molecule has 26 heavy (non-hydrogen) atoms. The molecule has 1 N–H and O–H groups in total. The lowest BCUT2D eigenvalue weighted by molar-refractivity contribution is -0.384. The van der Waals surface area contributed by atoms with Gasteiger partial charge in [0.05, 0.1) is 23.3 Å². The predicted octanol–water partition coefficient (Wildman–Crippen LogP) is 3.14. The van der Waals surface area contributed by atoms with E-state index in [4.69, 9.17) is 4.74 Å². The van der Waals surface area contributed by atoms with E-state index in [9.17, 15) is 14.9 Å². The summed E-state index contributed by atoms with van der Waals surface area (Å²) in [6.45, 7) is 1.76. The Hall–Kier alpha value is -3.68. The summed E-state index contributed by atoms with van der Waals surface area (Å²) in [5.74, 6) is 0.378. The third-order valence-electron chi connectivity index (χ3n) is 3.84. The van der Waals surface area contributed by atoms with E-state index in [1.165, 1.54) is 36.2 Å². The number of rotatable bonds is 5. The van der Waals surface area contributed by atoms with Crippen LogP contribution in [0.15, 0.2) is 58.3 Å². The molecule has 0 aliphatic heterocycles. The van der Waals surface area contributed by atoms with E-state index in [2.05, 4.69) is 10.1 Å². The fraction of sp³-hybridized carbons (Fsp3) is 0.111. The van der Waals surface area contributed by atoms with Crippen molar-refractivity contribution in [2.24, 2.45) is 4.99 Å². The average molecular weight is 352 g/mol. The van der Waals surface area contributed by atoms with Crippen LogP contribution in [0.25, 0.3) is 5.69 Å². The van der Waals surface area contributed by atoms with Crippen molar-refractivity contribution in [2.75, 3.05) is 7.11 Å². The van der Waals surface area contributed by atoms with Crippen LogP contribution in [0.2, 0.25) is 0 Å². The number of nitrogens with one attached hydrogen (secondary N) is 1. The molecule has 8 heteroatoms. The number of H-pyrrole nitrogens is 1. The highest BCUT2D eigenvalue weighted by molar-refractivity contribution is 5.84. The lowest BCUT2D eigenvalue weighted by Crippen LogP contribution is -2.17. The minimum Gasteiger partial charge on any atom is -0.494 e. The summed E-state index contributed by atoms with van der Waals surface area (Å²) in [6.07, 6.45) is 1.38. The fourth-order valence-corrected chi connectivity index (χ4v) is 2.50. The van der Waals surface area contributed by atoms with Gasteiger partial charge in [-0.25, -0.2) is 4.68 Å². The molecule has 0 fully saturated rings. The Balaban J connectivity index is 2.02. The van der Waals surface area contributed by atoms with Gasteiger partial charge in [-0.05, 0) is 25.1 Å². The Kier molecular flexibility index (Phi) is 4.66.